The van der Waals surface area contributed by atoms with Crippen LogP contribution in [-0.4, -0.2) is 4.98 Å². The van der Waals surface area contributed by atoms with Crippen molar-refractivity contribution in [2.45, 2.75) is 26.7 Å². The van der Waals surface area contributed by atoms with Crippen LogP contribution in [0.15, 0.2) is 46.9 Å². The van der Waals surface area contributed by atoms with Gasteiger partial charge in [0.25, 0.3) is 0 Å². The van der Waals surface area contributed by atoms with E-state index >= 15 is 0 Å². The molecule has 0 atom stereocenters. The van der Waals surface area contributed by atoms with Gasteiger partial charge in [0.15, 0.2) is 5.89 Å². The molecular formula is C17H17NO. The first-order valence-corrected chi connectivity index (χ1v) is 6.61. The van der Waals surface area contributed by atoms with E-state index < -0.39 is 0 Å². The normalized spacial score (nSPS) is 11.4. The fourth-order valence-corrected chi connectivity index (χ4v) is 2.27. The van der Waals surface area contributed by atoms with Gasteiger partial charge in [0.2, 0.25) is 0 Å². The number of nitrogens with zero attached hydrogens (tertiary/aromatic N) is 1. The van der Waals surface area contributed by atoms with Crippen molar-refractivity contribution in [1.82, 2.24) is 4.98 Å². The average Bonchev–Trinajstić information content (AvgIpc) is 2.80. The number of oxazole rings is 1. The molecule has 0 radical (unpaired) electrons. The number of hydrogen-bond donors (Lipinski definition) is 0. The van der Waals surface area contributed by atoms with Gasteiger partial charge in [0.1, 0.15) is 11.5 Å². The summed E-state index contributed by atoms with van der Waals surface area (Å²) in [6.07, 6.45) is 0. The SMILES string of the molecule is Cc1oc(C(C)C)nc1-c1ccc2ccccc2c1. The predicted octanol–water partition coefficient (Wildman–Crippen LogP) is 4.93. The summed E-state index contributed by atoms with van der Waals surface area (Å²) < 4.78 is 5.73. The minimum Gasteiger partial charge on any atom is -0.445 e. The third kappa shape index (κ3) is 2.14. The Kier molecular flexibility index (Phi) is 2.86. The van der Waals surface area contributed by atoms with Gasteiger partial charge in [-0.15, -0.1) is 0 Å². The molecule has 0 amide bonds. The van der Waals surface area contributed by atoms with Crippen LogP contribution in [-0.2, 0) is 0 Å². The van der Waals surface area contributed by atoms with Gasteiger partial charge in [0.05, 0.1) is 0 Å². The molecule has 2 heteroatoms. The van der Waals surface area contributed by atoms with E-state index in [9.17, 15) is 0 Å². The molecule has 1 aromatic heterocycles. The summed E-state index contributed by atoms with van der Waals surface area (Å²) >= 11 is 0. The van der Waals surface area contributed by atoms with Gasteiger partial charge in [-0.2, -0.15) is 0 Å². The summed E-state index contributed by atoms with van der Waals surface area (Å²) in [6.45, 7) is 6.16. The molecule has 0 aliphatic carbocycles. The van der Waals surface area contributed by atoms with Crippen LogP contribution in [0.2, 0.25) is 0 Å². The van der Waals surface area contributed by atoms with Crippen molar-refractivity contribution in [2.24, 2.45) is 0 Å². The molecule has 0 unspecified atom stereocenters. The van der Waals surface area contributed by atoms with Crippen molar-refractivity contribution in [3.63, 3.8) is 0 Å². The number of fused-ring (bicyclic) bond motifs is 1. The molecular weight excluding hydrogens is 234 g/mol. The largest absolute Gasteiger partial charge is 0.445 e. The molecule has 3 rings (SSSR count). The summed E-state index contributed by atoms with van der Waals surface area (Å²) in [5, 5.41) is 2.48. The lowest BCUT2D eigenvalue weighted by Crippen LogP contribution is -1.87. The van der Waals surface area contributed by atoms with Gasteiger partial charge >= 0.3 is 0 Å². The van der Waals surface area contributed by atoms with Crippen molar-refractivity contribution in [1.29, 1.82) is 0 Å². The highest BCUT2D eigenvalue weighted by Gasteiger charge is 2.14. The van der Waals surface area contributed by atoms with Crippen LogP contribution >= 0.6 is 0 Å². The third-order valence-electron chi connectivity index (χ3n) is 3.33. The molecule has 2 nitrogen and oxygen atoms in total. The van der Waals surface area contributed by atoms with Crippen LogP contribution in [0, 0.1) is 6.92 Å². The second kappa shape index (κ2) is 4.54. The first-order valence-electron chi connectivity index (χ1n) is 6.61. The summed E-state index contributed by atoms with van der Waals surface area (Å²) in [4.78, 5) is 4.62. The van der Waals surface area contributed by atoms with E-state index in [1.165, 1.54) is 10.8 Å². The van der Waals surface area contributed by atoms with Gasteiger partial charge in [0, 0.05) is 11.5 Å². The Bertz CT molecular complexity index is 725. The lowest BCUT2D eigenvalue weighted by Gasteiger charge is -2.01. The van der Waals surface area contributed by atoms with Crippen molar-refractivity contribution in [3.05, 3.63) is 54.1 Å². The lowest BCUT2D eigenvalue weighted by molar-refractivity contribution is 0.450. The molecule has 96 valence electrons. The highest BCUT2D eigenvalue weighted by molar-refractivity contribution is 5.86. The van der Waals surface area contributed by atoms with E-state index in [-0.39, 0.29) is 0 Å². The number of benzene rings is 2. The zero-order valence-electron chi connectivity index (χ0n) is 11.5. The maximum absolute atomic E-state index is 5.73. The zero-order chi connectivity index (χ0) is 13.4. The van der Waals surface area contributed by atoms with E-state index in [0.717, 1.165) is 22.9 Å². The maximum Gasteiger partial charge on any atom is 0.197 e. The van der Waals surface area contributed by atoms with Crippen LogP contribution in [0.5, 0.6) is 0 Å². The fraction of sp³-hybridized carbons (Fsp3) is 0.235. The number of aryl methyl sites for hydroxylation is 1. The summed E-state index contributed by atoms with van der Waals surface area (Å²) in [6, 6.07) is 14.8. The number of rotatable bonds is 2. The zero-order valence-corrected chi connectivity index (χ0v) is 11.5. The molecule has 0 N–H and O–H groups in total. The van der Waals surface area contributed by atoms with Crippen LogP contribution in [0.4, 0.5) is 0 Å². The quantitative estimate of drug-likeness (QED) is 0.645. The van der Waals surface area contributed by atoms with Crippen molar-refractivity contribution in [3.8, 4) is 11.3 Å². The van der Waals surface area contributed by atoms with Crippen LogP contribution in [0.1, 0.15) is 31.4 Å². The van der Waals surface area contributed by atoms with E-state index in [2.05, 4.69) is 61.3 Å². The minimum absolute atomic E-state index is 0.313. The van der Waals surface area contributed by atoms with Crippen LogP contribution in [0.25, 0.3) is 22.0 Å². The summed E-state index contributed by atoms with van der Waals surface area (Å²) in [5.41, 5.74) is 2.07. The van der Waals surface area contributed by atoms with Crippen LogP contribution < -0.4 is 0 Å². The molecule has 3 aromatic rings. The monoisotopic (exact) mass is 251 g/mol. The first kappa shape index (κ1) is 12.0. The molecule has 1 heterocycles. The Morgan fingerprint density at radius 3 is 2.42 bits per heavy atom. The van der Waals surface area contributed by atoms with Gasteiger partial charge in [-0.25, -0.2) is 4.98 Å². The fourth-order valence-electron chi connectivity index (χ4n) is 2.27. The van der Waals surface area contributed by atoms with Gasteiger partial charge in [-0.1, -0.05) is 50.2 Å². The molecule has 2 aromatic carbocycles. The van der Waals surface area contributed by atoms with Crippen molar-refractivity contribution >= 4 is 10.8 Å². The Hall–Kier alpha value is -2.09. The summed E-state index contributed by atoms with van der Waals surface area (Å²) in [5.74, 6) is 2.01. The Morgan fingerprint density at radius 1 is 1.00 bits per heavy atom. The molecule has 0 saturated heterocycles. The second-order valence-corrected chi connectivity index (χ2v) is 5.17. The van der Waals surface area contributed by atoms with Gasteiger partial charge < -0.3 is 4.42 Å². The molecule has 0 fully saturated rings. The summed E-state index contributed by atoms with van der Waals surface area (Å²) in [7, 11) is 0. The van der Waals surface area contributed by atoms with Gasteiger partial charge in [-0.05, 0) is 23.8 Å². The smallest absolute Gasteiger partial charge is 0.197 e. The van der Waals surface area contributed by atoms with Gasteiger partial charge in [-0.3, -0.25) is 0 Å². The Morgan fingerprint density at radius 2 is 1.74 bits per heavy atom. The van der Waals surface area contributed by atoms with E-state index in [4.69, 9.17) is 4.42 Å². The van der Waals surface area contributed by atoms with E-state index in [1.807, 2.05) is 6.92 Å². The molecule has 0 bridgehead atoms. The van der Waals surface area contributed by atoms with Crippen molar-refractivity contribution < 1.29 is 4.42 Å². The minimum atomic E-state index is 0.313. The first-order chi connectivity index (χ1) is 9.15. The highest BCUT2D eigenvalue weighted by Crippen LogP contribution is 2.28. The second-order valence-electron chi connectivity index (χ2n) is 5.17. The third-order valence-corrected chi connectivity index (χ3v) is 3.33. The lowest BCUT2D eigenvalue weighted by atomic mass is 10.0. The molecule has 0 aliphatic rings. The highest BCUT2D eigenvalue weighted by atomic mass is 16.4. The standard InChI is InChI=1S/C17H17NO/c1-11(2)17-18-16(12(3)19-17)15-9-8-13-6-4-5-7-14(13)10-15/h4-11H,1-3H3. The maximum atomic E-state index is 5.73. The number of hydrogen-bond acceptors (Lipinski definition) is 2. The topological polar surface area (TPSA) is 26.0 Å². The predicted molar refractivity (Wildman–Crippen MR) is 78.3 cm³/mol. The Labute approximate surface area is 113 Å². The molecule has 0 aliphatic heterocycles. The number of aromatic nitrogens is 1. The molecule has 0 spiro atoms. The molecule has 19 heavy (non-hydrogen) atoms. The average molecular weight is 251 g/mol. The molecule has 0 saturated carbocycles. The van der Waals surface area contributed by atoms with E-state index in [0.29, 0.717) is 5.92 Å². The van der Waals surface area contributed by atoms with Crippen LogP contribution in [0.3, 0.4) is 0 Å². The van der Waals surface area contributed by atoms with E-state index in [1.54, 1.807) is 0 Å². The Balaban J connectivity index is 2.13. The van der Waals surface area contributed by atoms with Crippen molar-refractivity contribution in [2.75, 3.05) is 0 Å².